The number of hydroxylamine groups is 2. The second kappa shape index (κ2) is 6.20. The molecule has 1 amide bonds. The summed E-state index contributed by atoms with van der Waals surface area (Å²) in [6.45, 7) is 2.63. The van der Waals surface area contributed by atoms with Gasteiger partial charge in [-0.15, -0.1) is 0 Å². The van der Waals surface area contributed by atoms with Crippen molar-refractivity contribution in [1.29, 1.82) is 0 Å². The molecule has 0 bridgehead atoms. The molecule has 2 aromatic rings. The molecule has 0 aromatic heterocycles. The molecule has 4 heteroatoms. The zero-order chi connectivity index (χ0) is 15.4. The average molecular weight is 297 g/mol. The van der Waals surface area contributed by atoms with Crippen LogP contribution in [0.2, 0.25) is 0 Å². The van der Waals surface area contributed by atoms with Crippen molar-refractivity contribution in [3.63, 3.8) is 0 Å². The molecular formula is C18H19NO3. The molecule has 3 rings (SSSR count). The molecular weight excluding hydrogens is 278 g/mol. The molecule has 1 saturated heterocycles. The second-order valence-corrected chi connectivity index (χ2v) is 5.20. The molecule has 0 N–H and O–H groups in total. The van der Waals surface area contributed by atoms with Gasteiger partial charge in [-0.3, -0.25) is 4.84 Å². The van der Waals surface area contributed by atoms with Crippen LogP contribution >= 0.6 is 0 Å². The van der Waals surface area contributed by atoms with Crippen LogP contribution in [-0.4, -0.2) is 24.3 Å². The quantitative estimate of drug-likeness (QED) is 0.866. The predicted molar refractivity (Wildman–Crippen MR) is 83.1 cm³/mol. The molecule has 0 saturated carbocycles. The summed E-state index contributed by atoms with van der Waals surface area (Å²) < 4.78 is 5.05. The van der Waals surface area contributed by atoms with E-state index in [1.54, 1.807) is 6.92 Å². The van der Waals surface area contributed by atoms with Gasteiger partial charge in [0.15, 0.2) is 0 Å². The van der Waals surface area contributed by atoms with Crippen molar-refractivity contribution in [2.24, 2.45) is 0 Å². The standard InChI is InChI=1S/C18H19NO3/c1-2-21-17(20)19-14-13-18(22-19,15-9-5-3-6-10-15)16-11-7-4-8-12-16/h3-12H,2,13-14H2,1H3. The SMILES string of the molecule is CCOC(=O)N1CCC(c2ccccc2)(c2ccccc2)O1. The third kappa shape index (κ3) is 2.57. The summed E-state index contributed by atoms with van der Waals surface area (Å²) in [7, 11) is 0. The van der Waals surface area contributed by atoms with E-state index >= 15 is 0 Å². The van der Waals surface area contributed by atoms with Crippen LogP contribution in [-0.2, 0) is 15.2 Å². The van der Waals surface area contributed by atoms with Crippen molar-refractivity contribution in [2.75, 3.05) is 13.2 Å². The van der Waals surface area contributed by atoms with E-state index in [9.17, 15) is 4.79 Å². The minimum atomic E-state index is -0.644. The van der Waals surface area contributed by atoms with Crippen molar-refractivity contribution in [3.05, 3.63) is 71.8 Å². The van der Waals surface area contributed by atoms with Crippen molar-refractivity contribution in [2.45, 2.75) is 18.9 Å². The van der Waals surface area contributed by atoms with Crippen LogP contribution in [0.5, 0.6) is 0 Å². The lowest BCUT2D eigenvalue weighted by Crippen LogP contribution is -2.33. The fraction of sp³-hybridized carbons (Fsp3) is 0.278. The Kier molecular flexibility index (Phi) is 4.11. The first-order valence-electron chi connectivity index (χ1n) is 7.51. The topological polar surface area (TPSA) is 38.8 Å². The van der Waals surface area contributed by atoms with Crippen LogP contribution < -0.4 is 0 Å². The molecule has 1 aliphatic heterocycles. The van der Waals surface area contributed by atoms with Crippen LogP contribution in [0.4, 0.5) is 4.79 Å². The maximum atomic E-state index is 12.0. The Balaban J connectivity index is 1.98. The number of benzene rings is 2. The molecule has 0 radical (unpaired) electrons. The van der Waals surface area contributed by atoms with Gasteiger partial charge in [-0.25, -0.2) is 4.79 Å². The fourth-order valence-corrected chi connectivity index (χ4v) is 2.84. The Morgan fingerprint density at radius 1 is 1.09 bits per heavy atom. The molecule has 22 heavy (non-hydrogen) atoms. The second-order valence-electron chi connectivity index (χ2n) is 5.20. The molecule has 0 atom stereocenters. The zero-order valence-corrected chi connectivity index (χ0v) is 12.6. The summed E-state index contributed by atoms with van der Waals surface area (Å²) in [5, 5.41) is 1.32. The van der Waals surface area contributed by atoms with E-state index in [1.807, 2.05) is 60.7 Å². The van der Waals surface area contributed by atoms with Crippen LogP contribution in [0.15, 0.2) is 60.7 Å². The van der Waals surface area contributed by atoms with Crippen molar-refractivity contribution >= 4 is 6.09 Å². The number of carbonyl (C=O) groups is 1. The summed E-state index contributed by atoms with van der Waals surface area (Å²) in [6.07, 6.45) is 0.260. The first-order chi connectivity index (χ1) is 10.8. The first kappa shape index (κ1) is 14.6. The lowest BCUT2D eigenvalue weighted by Gasteiger charge is -2.29. The van der Waals surface area contributed by atoms with Gasteiger partial charge >= 0.3 is 6.09 Å². The van der Waals surface area contributed by atoms with Gasteiger partial charge in [0.1, 0.15) is 5.60 Å². The maximum Gasteiger partial charge on any atom is 0.433 e. The normalized spacial score (nSPS) is 16.5. The van der Waals surface area contributed by atoms with E-state index in [4.69, 9.17) is 9.57 Å². The van der Waals surface area contributed by atoms with Crippen LogP contribution in [0.25, 0.3) is 0 Å². The Morgan fingerprint density at radius 3 is 2.14 bits per heavy atom. The van der Waals surface area contributed by atoms with Gasteiger partial charge in [0, 0.05) is 6.42 Å². The molecule has 1 fully saturated rings. The van der Waals surface area contributed by atoms with Gasteiger partial charge in [-0.1, -0.05) is 60.7 Å². The van der Waals surface area contributed by atoms with Crippen LogP contribution in [0, 0.1) is 0 Å². The first-order valence-corrected chi connectivity index (χ1v) is 7.51. The van der Waals surface area contributed by atoms with Gasteiger partial charge in [0.05, 0.1) is 13.2 Å². The smallest absolute Gasteiger partial charge is 0.433 e. The highest BCUT2D eigenvalue weighted by molar-refractivity contribution is 5.66. The monoisotopic (exact) mass is 297 g/mol. The summed E-state index contributed by atoms with van der Waals surface area (Å²) in [4.78, 5) is 18.1. The molecule has 2 aromatic carbocycles. The van der Waals surface area contributed by atoms with Crippen LogP contribution in [0.1, 0.15) is 24.5 Å². The summed E-state index contributed by atoms with van der Waals surface area (Å²) in [6, 6.07) is 20.0. The number of nitrogens with zero attached hydrogens (tertiary/aromatic N) is 1. The number of amides is 1. The largest absolute Gasteiger partial charge is 0.448 e. The third-order valence-corrected chi connectivity index (χ3v) is 3.88. The van der Waals surface area contributed by atoms with Gasteiger partial charge in [-0.2, -0.15) is 5.06 Å². The molecule has 0 spiro atoms. The highest BCUT2D eigenvalue weighted by Gasteiger charge is 2.45. The van der Waals surface area contributed by atoms with E-state index in [-0.39, 0.29) is 0 Å². The molecule has 1 aliphatic rings. The van der Waals surface area contributed by atoms with Crippen molar-refractivity contribution in [1.82, 2.24) is 5.06 Å². The van der Waals surface area contributed by atoms with Crippen LogP contribution in [0.3, 0.4) is 0 Å². The summed E-state index contributed by atoms with van der Waals surface area (Å²) >= 11 is 0. The van der Waals surface area contributed by atoms with Gasteiger partial charge in [0.2, 0.25) is 0 Å². The van der Waals surface area contributed by atoms with E-state index in [0.29, 0.717) is 19.6 Å². The van der Waals surface area contributed by atoms with Gasteiger partial charge < -0.3 is 4.74 Å². The van der Waals surface area contributed by atoms with Gasteiger partial charge in [-0.05, 0) is 18.1 Å². The van der Waals surface area contributed by atoms with E-state index in [1.165, 1.54) is 5.06 Å². The van der Waals surface area contributed by atoms with Gasteiger partial charge in [0.25, 0.3) is 0 Å². The number of rotatable bonds is 3. The molecule has 0 unspecified atom stereocenters. The minimum absolute atomic E-state index is 0.336. The van der Waals surface area contributed by atoms with E-state index < -0.39 is 11.7 Å². The molecule has 4 nitrogen and oxygen atoms in total. The Hall–Kier alpha value is -2.33. The molecule has 114 valence electrons. The maximum absolute atomic E-state index is 12.0. The summed E-state index contributed by atoms with van der Waals surface area (Å²) in [5.41, 5.74) is 1.43. The molecule has 0 aliphatic carbocycles. The Morgan fingerprint density at radius 2 is 1.64 bits per heavy atom. The predicted octanol–water partition coefficient (Wildman–Crippen LogP) is 3.72. The van der Waals surface area contributed by atoms with Crippen molar-refractivity contribution < 1.29 is 14.4 Å². The number of carbonyl (C=O) groups excluding carboxylic acids is 1. The highest BCUT2D eigenvalue weighted by atomic mass is 16.7. The Bertz CT molecular complexity index is 588. The minimum Gasteiger partial charge on any atom is -0.448 e. The highest BCUT2D eigenvalue weighted by Crippen LogP contribution is 2.42. The van der Waals surface area contributed by atoms with Crippen molar-refractivity contribution in [3.8, 4) is 0 Å². The zero-order valence-electron chi connectivity index (χ0n) is 12.6. The molecule has 1 heterocycles. The number of ether oxygens (including phenoxy) is 1. The number of hydrogen-bond acceptors (Lipinski definition) is 3. The lowest BCUT2D eigenvalue weighted by molar-refractivity contribution is -0.161. The fourth-order valence-electron chi connectivity index (χ4n) is 2.84. The Labute approximate surface area is 130 Å². The van der Waals surface area contributed by atoms with E-state index in [0.717, 1.165) is 11.1 Å². The number of hydrogen-bond donors (Lipinski definition) is 0. The summed E-state index contributed by atoms with van der Waals surface area (Å²) in [5.74, 6) is 0. The van der Waals surface area contributed by atoms with E-state index in [2.05, 4.69) is 0 Å². The lowest BCUT2D eigenvalue weighted by atomic mass is 9.84. The third-order valence-electron chi connectivity index (χ3n) is 3.88. The average Bonchev–Trinajstić information content (AvgIpc) is 3.03.